The molecule has 0 amide bonds. The van der Waals surface area contributed by atoms with Crippen molar-refractivity contribution in [3.05, 3.63) is 12.2 Å². The molecule has 49 heavy (non-hydrogen) atoms. The van der Waals surface area contributed by atoms with Crippen LogP contribution in [0.25, 0.3) is 0 Å². The van der Waals surface area contributed by atoms with Crippen molar-refractivity contribution in [3.63, 3.8) is 0 Å². The molecule has 0 fully saturated rings. The van der Waals surface area contributed by atoms with Gasteiger partial charge < -0.3 is 23.5 Å². The molecular formula is C39H80O7Si3. The standard InChI is InChI=1S/C39H80O7Si3/c1-28(25-23-21-22-24-26-31(40)30(3)44-47(15,16)36(4,5)6)34(46-49(19,20)38(10,11)12)29(2)35(43)39(13,14)32(27-33(41)42)45-48(17,18)37(7,8)9/h22,24,28-32,34,40H,21,23,25-27H2,1-20H3,(H,41,42)/b24-22-/t28-,29-,30-,31-,32-,34-/m0/s1. The number of allylic oxidation sites excluding steroid dienone is 1. The maximum Gasteiger partial charge on any atom is 0.305 e. The van der Waals surface area contributed by atoms with E-state index in [1.54, 1.807) is 0 Å². The van der Waals surface area contributed by atoms with E-state index in [1.165, 1.54) is 0 Å². The van der Waals surface area contributed by atoms with Crippen LogP contribution in [0.2, 0.25) is 54.4 Å². The van der Waals surface area contributed by atoms with E-state index in [1.807, 2.05) is 27.7 Å². The van der Waals surface area contributed by atoms with Gasteiger partial charge in [-0.3, -0.25) is 9.59 Å². The normalized spacial score (nSPS) is 18.2. The summed E-state index contributed by atoms with van der Waals surface area (Å²) in [6.07, 6.45) is 5.42. The Hall–Kier alpha value is -0.629. The molecule has 0 aliphatic carbocycles. The van der Waals surface area contributed by atoms with Crippen LogP contribution in [0.3, 0.4) is 0 Å². The summed E-state index contributed by atoms with van der Waals surface area (Å²) in [5, 5.41) is 20.6. The first-order chi connectivity index (χ1) is 21.6. The van der Waals surface area contributed by atoms with E-state index in [0.29, 0.717) is 6.42 Å². The maximum absolute atomic E-state index is 14.5. The Morgan fingerprint density at radius 3 is 1.55 bits per heavy atom. The lowest BCUT2D eigenvalue weighted by molar-refractivity contribution is -0.146. The second-order valence-corrected chi connectivity index (χ2v) is 34.2. The summed E-state index contributed by atoms with van der Waals surface area (Å²) in [5.74, 6) is -1.29. The number of carbonyl (C=O) groups excluding carboxylic acids is 1. The van der Waals surface area contributed by atoms with E-state index in [-0.39, 0.29) is 45.4 Å². The van der Waals surface area contributed by atoms with Crippen molar-refractivity contribution in [2.45, 2.75) is 208 Å². The van der Waals surface area contributed by atoms with Gasteiger partial charge in [0, 0.05) is 11.3 Å². The number of hydrogen-bond acceptors (Lipinski definition) is 6. The Morgan fingerprint density at radius 1 is 0.694 bits per heavy atom. The lowest BCUT2D eigenvalue weighted by Gasteiger charge is -2.46. The fraction of sp³-hybridized carbons (Fsp3) is 0.897. The second-order valence-electron chi connectivity index (χ2n) is 19.9. The summed E-state index contributed by atoms with van der Waals surface area (Å²) < 4.78 is 20.1. The van der Waals surface area contributed by atoms with Gasteiger partial charge in [-0.05, 0) is 92.9 Å². The third kappa shape index (κ3) is 14.4. The van der Waals surface area contributed by atoms with Gasteiger partial charge in [0.15, 0.2) is 25.0 Å². The molecule has 0 bridgehead atoms. The molecular weight excluding hydrogens is 665 g/mol. The first-order valence-electron chi connectivity index (χ1n) is 18.7. The van der Waals surface area contributed by atoms with Crippen molar-refractivity contribution >= 4 is 36.7 Å². The SMILES string of the molecule is C[C@H](O[Si](C)(C)C(C)(C)C)[C@@H](O)C/C=C\CCC[C@H](C)[C@H](O[Si](C)(C)C(C)(C)C)[C@H](C)C(=O)C(C)(C)[C@H](CC(=O)O)O[Si](C)(C)C(C)(C)C. The molecule has 0 aromatic heterocycles. The molecule has 0 unspecified atom stereocenters. The highest BCUT2D eigenvalue weighted by atomic mass is 28.4. The van der Waals surface area contributed by atoms with Crippen LogP contribution >= 0.6 is 0 Å². The topological polar surface area (TPSA) is 102 Å². The molecule has 0 spiro atoms. The lowest BCUT2D eigenvalue weighted by atomic mass is 9.73. The Kier molecular flexibility index (Phi) is 17.7. The van der Waals surface area contributed by atoms with Gasteiger partial charge in [0.25, 0.3) is 0 Å². The van der Waals surface area contributed by atoms with Gasteiger partial charge in [0.05, 0.1) is 30.8 Å². The molecule has 0 saturated carbocycles. The van der Waals surface area contributed by atoms with E-state index >= 15 is 0 Å². The Morgan fingerprint density at radius 2 is 1.12 bits per heavy atom. The minimum Gasteiger partial charge on any atom is -0.481 e. The molecule has 0 aliphatic heterocycles. The highest BCUT2D eigenvalue weighted by Crippen LogP contribution is 2.44. The van der Waals surface area contributed by atoms with Crippen LogP contribution in [-0.4, -0.2) is 71.3 Å². The molecule has 290 valence electrons. The van der Waals surface area contributed by atoms with Crippen LogP contribution in [0.15, 0.2) is 12.2 Å². The quantitative estimate of drug-likeness (QED) is 0.0727. The van der Waals surface area contributed by atoms with E-state index in [2.05, 4.69) is 121 Å². The number of aliphatic hydroxyl groups is 1. The van der Waals surface area contributed by atoms with Gasteiger partial charge in [-0.2, -0.15) is 0 Å². The highest BCUT2D eigenvalue weighted by molar-refractivity contribution is 6.75. The molecule has 0 aromatic carbocycles. The van der Waals surface area contributed by atoms with Crippen LogP contribution in [0.4, 0.5) is 0 Å². The summed E-state index contributed by atoms with van der Waals surface area (Å²) in [7, 11) is -6.57. The molecule has 0 aliphatic rings. The number of carbonyl (C=O) groups is 2. The monoisotopic (exact) mass is 745 g/mol. The molecule has 10 heteroatoms. The number of Topliss-reactive ketones (excluding diaryl/α,β-unsaturated/α-hetero) is 1. The number of carboxylic acids is 1. The van der Waals surface area contributed by atoms with Gasteiger partial charge in [-0.15, -0.1) is 0 Å². The zero-order chi connectivity index (χ0) is 39.2. The zero-order valence-electron chi connectivity index (χ0n) is 35.6. The number of hydrogen-bond donors (Lipinski definition) is 2. The number of unbranched alkanes of at least 4 members (excludes halogenated alkanes) is 1. The smallest absolute Gasteiger partial charge is 0.305 e. The van der Waals surface area contributed by atoms with Gasteiger partial charge in [-0.1, -0.05) is 102 Å². The molecule has 7 nitrogen and oxygen atoms in total. The Bertz CT molecular complexity index is 1080. The van der Waals surface area contributed by atoms with Gasteiger partial charge >= 0.3 is 5.97 Å². The van der Waals surface area contributed by atoms with Crippen molar-refractivity contribution in [2.24, 2.45) is 17.3 Å². The van der Waals surface area contributed by atoms with E-state index < -0.39 is 54.5 Å². The predicted octanol–water partition coefficient (Wildman–Crippen LogP) is 11.0. The first-order valence-corrected chi connectivity index (χ1v) is 27.5. The van der Waals surface area contributed by atoms with Gasteiger partial charge in [0.1, 0.15) is 5.78 Å². The predicted molar refractivity (Wildman–Crippen MR) is 215 cm³/mol. The number of aliphatic carboxylic acids is 1. The fourth-order valence-electron chi connectivity index (χ4n) is 5.24. The summed E-state index contributed by atoms with van der Waals surface area (Å²) in [4.78, 5) is 26.6. The van der Waals surface area contributed by atoms with Crippen LogP contribution in [-0.2, 0) is 22.9 Å². The molecule has 6 atom stereocenters. The summed E-state index contributed by atoms with van der Waals surface area (Å²) in [6.45, 7) is 42.6. The molecule has 0 aromatic rings. The summed E-state index contributed by atoms with van der Waals surface area (Å²) >= 11 is 0. The maximum atomic E-state index is 14.5. The average Bonchev–Trinajstić information content (AvgIpc) is 2.89. The van der Waals surface area contributed by atoms with E-state index in [9.17, 15) is 19.8 Å². The molecule has 0 saturated heterocycles. The van der Waals surface area contributed by atoms with Crippen molar-refractivity contribution in [1.29, 1.82) is 0 Å². The van der Waals surface area contributed by atoms with Crippen LogP contribution in [0.1, 0.15) is 129 Å². The van der Waals surface area contributed by atoms with Gasteiger partial charge in [-0.25, -0.2) is 0 Å². The largest absolute Gasteiger partial charge is 0.481 e. The fourth-order valence-corrected chi connectivity index (χ4v) is 9.60. The summed E-state index contributed by atoms with van der Waals surface area (Å²) in [6, 6.07) is 0. The Labute approximate surface area is 306 Å². The van der Waals surface area contributed by atoms with E-state index in [4.69, 9.17) is 13.3 Å². The molecule has 0 rings (SSSR count). The second kappa shape index (κ2) is 17.9. The number of rotatable bonds is 20. The van der Waals surface area contributed by atoms with Crippen molar-refractivity contribution in [3.8, 4) is 0 Å². The minimum absolute atomic E-state index is 0.00376. The van der Waals surface area contributed by atoms with Crippen molar-refractivity contribution < 1.29 is 33.1 Å². The number of aliphatic hydroxyl groups excluding tert-OH is 1. The van der Waals surface area contributed by atoms with Crippen LogP contribution in [0.5, 0.6) is 0 Å². The average molecular weight is 745 g/mol. The summed E-state index contributed by atoms with van der Waals surface area (Å²) in [5.41, 5.74) is -1.02. The van der Waals surface area contributed by atoms with Crippen molar-refractivity contribution in [2.75, 3.05) is 0 Å². The minimum atomic E-state index is -2.37. The first kappa shape index (κ1) is 48.4. The van der Waals surface area contributed by atoms with Crippen LogP contribution in [0, 0.1) is 17.3 Å². The molecule has 0 radical (unpaired) electrons. The lowest BCUT2D eigenvalue weighted by Crippen LogP contribution is -2.54. The number of carboxylic acid groups (broad SMARTS) is 1. The third-order valence-electron chi connectivity index (χ3n) is 12.2. The highest BCUT2D eigenvalue weighted by Gasteiger charge is 2.50. The van der Waals surface area contributed by atoms with Crippen molar-refractivity contribution in [1.82, 2.24) is 0 Å². The molecule has 0 heterocycles. The number of ketones is 1. The molecule has 2 N–H and O–H groups in total. The zero-order valence-corrected chi connectivity index (χ0v) is 38.6. The van der Waals surface area contributed by atoms with Crippen LogP contribution < -0.4 is 0 Å². The Balaban J connectivity index is 5.96. The van der Waals surface area contributed by atoms with Gasteiger partial charge in [0.2, 0.25) is 0 Å². The van der Waals surface area contributed by atoms with E-state index in [0.717, 1.165) is 19.3 Å². The third-order valence-corrected chi connectivity index (χ3v) is 25.7.